The van der Waals surface area contributed by atoms with Crippen LogP contribution in [0.25, 0.3) is 0 Å². The Balaban J connectivity index is 0.00000112. The van der Waals surface area contributed by atoms with Gasteiger partial charge in [-0.1, -0.05) is 30.3 Å². The van der Waals surface area contributed by atoms with E-state index >= 15 is 0 Å². The number of hydrogen-bond donors (Lipinski definition) is 0. The van der Waals surface area contributed by atoms with Gasteiger partial charge >= 0.3 is 22.4 Å². The second-order valence-electron chi connectivity index (χ2n) is 2.87. The first-order valence-electron chi connectivity index (χ1n) is 4.10. The molecule has 1 heterocycles. The van der Waals surface area contributed by atoms with Crippen molar-refractivity contribution in [3.8, 4) is 0 Å². The third-order valence-corrected chi connectivity index (χ3v) is 2.60. The third-order valence-electron chi connectivity index (χ3n) is 1.86. The van der Waals surface area contributed by atoms with E-state index in [0.717, 1.165) is 5.56 Å². The maximum absolute atomic E-state index is 5.90. The van der Waals surface area contributed by atoms with Gasteiger partial charge in [-0.05, 0) is 10.7 Å². The number of aromatic nitrogens is 2. The van der Waals surface area contributed by atoms with Crippen LogP contribution in [-0.4, -0.2) is 9.55 Å². The third kappa shape index (κ3) is 3.10. The van der Waals surface area contributed by atoms with Gasteiger partial charge in [-0.2, -0.15) is 23.2 Å². The van der Waals surface area contributed by atoms with Crippen molar-refractivity contribution in [3.63, 3.8) is 0 Å². The van der Waals surface area contributed by atoms with E-state index in [9.17, 15) is 0 Å². The number of halogens is 2. The van der Waals surface area contributed by atoms with Crippen LogP contribution in [0.1, 0.15) is 5.56 Å². The molecule has 0 radical (unpaired) electrons. The summed E-state index contributed by atoms with van der Waals surface area (Å²) in [6, 6.07) is 9.94. The minimum absolute atomic E-state index is 0. The van der Waals surface area contributed by atoms with E-state index in [2.05, 4.69) is 11.3 Å². The SMILES string of the molecule is Clc1n[c-]n(Cc2ccccc2)c1Cl.[Au+]. The summed E-state index contributed by atoms with van der Waals surface area (Å²) in [5, 5.41) is 0.720. The first-order chi connectivity index (χ1) is 6.77. The fraction of sp³-hybridized carbons (Fsp3) is 0.100. The van der Waals surface area contributed by atoms with E-state index in [1.807, 2.05) is 30.3 Å². The molecule has 0 N–H and O–H groups in total. The van der Waals surface area contributed by atoms with Gasteiger partial charge in [0.25, 0.3) is 0 Å². The Labute approximate surface area is 114 Å². The molecule has 1 aromatic heterocycles. The Morgan fingerprint density at radius 2 is 1.87 bits per heavy atom. The van der Waals surface area contributed by atoms with Gasteiger partial charge < -0.3 is 9.55 Å². The van der Waals surface area contributed by atoms with E-state index in [-0.39, 0.29) is 22.4 Å². The maximum atomic E-state index is 5.90. The molecule has 0 atom stereocenters. The molecule has 0 fully saturated rings. The standard InChI is InChI=1S/C10H7Cl2N2.Au/c11-9-10(12)14(7-13-9)6-8-4-2-1-3-5-8;/h1-5H,6H2;/q-1;+1. The average Bonchev–Trinajstić information content (AvgIpc) is 2.52. The van der Waals surface area contributed by atoms with Crippen molar-refractivity contribution in [3.05, 3.63) is 52.5 Å². The zero-order chi connectivity index (χ0) is 9.97. The average molecular weight is 423 g/mol. The molecule has 2 rings (SSSR count). The zero-order valence-electron chi connectivity index (χ0n) is 7.55. The van der Waals surface area contributed by atoms with Gasteiger partial charge in [0, 0.05) is 18.0 Å². The molecule has 1 aromatic carbocycles. The van der Waals surface area contributed by atoms with Crippen LogP contribution in [0, 0.1) is 6.33 Å². The molecule has 15 heavy (non-hydrogen) atoms. The zero-order valence-corrected chi connectivity index (χ0v) is 11.2. The van der Waals surface area contributed by atoms with Gasteiger partial charge in [0.05, 0.1) is 0 Å². The molecule has 0 unspecified atom stereocenters. The summed E-state index contributed by atoms with van der Waals surface area (Å²) in [6.45, 7) is 0.638. The van der Waals surface area contributed by atoms with Gasteiger partial charge in [0.2, 0.25) is 0 Å². The number of benzene rings is 1. The number of rotatable bonds is 2. The van der Waals surface area contributed by atoms with Crippen molar-refractivity contribution < 1.29 is 22.4 Å². The van der Waals surface area contributed by atoms with E-state index < -0.39 is 0 Å². The van der Waals surface area contributed by atoms with Gasteiger partial charge in [-0.15, -0.1) is 0 Å². The first-order valence-corrected chi connectivity index (χ1v) is 4.86. The van der Waals surface area contributed by atoms with E-state index in [0.29, 0.717) is 16.9 Å². The molecule has 0 aliphatic rings. The summed E-state index contributed by atoms with van der Waals surface area (Å²) in [7, 11) is 0. The Kier molecular flexibility index (Phi) is 4.90. The fourth-order valence-electron chi connectivity index (χ4n) is 1.18. The van der Waals surface area contributed by atoms with Crippen molar-refractivity contribution >= 4 is 23.2 Å². The normalized spacial score (nSPS) is 9.73. The quantitative estimate of drug-likeness (QED) is 0.537. The van der Waals surface area contributed by atoms with Gasteiger partial charge in [0.1, 0.15) is 0 Å². The Bertz CT molecular complexity index is 428. The molecule has 0 amide bonds. The van der Waals surface area contributed by atoms with Gasteiger partial charge in [-0.25, -0.2) is 0 Å². The molecular formula is C10H7AuCl2N2. The number of hydrogen-bond acceptors (Lipinski definition) is 1. The summed E-state index contributed by atoms with van der Waals surface area (Å²) in [5.74, 6) is 0. The van der Waals surface area contributed by atoms with Gasteiger partial charge in [0.15, 0.2) is 0 Å². The molecule has 0 bridgehead atoms. The van der Waals surface area contributed by atoms with E-state index in [4.69, 9.17) is 23.2 Å². The Hall–Kier alpha value is -0.250. The van der Waals surface area contributed by atoms with Crippen LogP contribution in [0.4, 0.5) is 0 Å². The number of nitrogens with zero attached hydrogens (tertiary/aromatic N) is 2. The van der Waals surface area contributed by atoms with Crippen molar-refractivity contribution in [2.24, 2.45) is 0 Å². The molecular weight excluding hydrogens is 416 g/mol. The molecule has 0 aliphatic heterocycles. The van der Waals surface area contributed by atoms with Gasteiger partial charge in [-0.3, -0.25) is 0 Å². The minimum Gasteiger partial charge on any atom is -0.434 e. The van der Waals surface area contributed by atoms with Crippen LogP contribution in [0.15, 0.2) is 30.3 Å². The van der Waals surface area contributed by atoms with Crippen molar-refractivity contribution in [1.82, 2.24) is 9.55 Å². The van der Waals surface area contributed by atoms with Crippen molar-refractivity contribution in [2.45, 2.75) is 6.54 Å². The van der Waals surface area contributed by atoms with Crippen LogP contribution in [0.2, 0.25) is 10.3 Å². The topological polar surface area (TPSA) is 17.8 Å². The molecule has 0 saturated heterocycles. The van der Waals surface area contributed by atoms with Crippen LogP contribution in [0.5, 0.6) is 0 Å². The monoisotopic (exact) mass is 422 g/mol. The Morgan fingerprint density at radius 1 is 1.20 bits per heavy atom. The smallest absolute Gasteiger partial charge is 0.434 e. The van der Waals surface area contributed by atoms with Crippen molar-refractivity contribution in [2.75, 3.05) is 0 Å². The fourth-order valence-corrected chi connectivity index (χ4v) is 1.46. The van der Waals surface area contributed by atoms with Crippen LogP contribution in [0.3, 0.4) is 0 Å². The largest absolute Gasteiger partial charge is 1.00 e. The summed E-state index contributed by atoms with van der Waals surface area (Å²) < 4.78 is 1.68. The summed E-state index contributed by atoms with van der Waals surface area (Å²) >= 11 is 11.6. The van der Waals surface area contributed by atoms with Crippen molar-refractivity contribution in [1.29, 1.82) is 0 Å². The molecule has 0 aliphatic carbocycles. The second kappa shape index (κ2) is 5.73. The summed E-state index contributed by atoms with van der Waals surface area (Å²) in [6.07, 6.45) is 2.72. The molecule has 0 saturated carbocycles. The van der Waals surface area contributed by atoms with Crippen LogP contribution < -0.4 is 0 Å². The summed E-state index contributed by atoms with van der Waals surface area (Å²) in [5.41, 5.74) is 1.14. The van der Waals surface area contributed by atoms with E-state index in [1.165, 1.54) is 0 Å². The predicted molar refractivity (Wildman–Crippen MR) is 56.6 cm³/mol. The van der Waals surface area contributed by atoms with E-state index in [1.54, 1.807) is 4.57 Å². The second-order valence-corrected chi connectivity index (χ2v) is 3.58. The molecule has 5 heteroatoms. The predicted octanol–water partition coefficient (Wildman–Crippen LogP) is 3.04. The molecule has 2 aromatic rings. The minimum atomic E-state index is 0. The molecule has 2 nitrogen and oxygen atoms in total. The number of imidazole rings is 1. The first kappa shape index (κ1) is 12.8. The summed E-state index contributed by atoms with van der Waals surface area (Å²) in [4.78, 5) is 3.78. The maximum Gasteiger partial charge on any atom is 1.00 e. The molecule has 0 spiro atoms. The van der Waals surface area contributed by atoms with Crippen LogP contribution in [-0.2, 0) is 28.9 Å². The molecule has 82 valence electrons. The van der Waals surface area contributed by atoms with Crippen LogP contribution >= 0.6 is 23.2 Å². The Morgan fingerprint density at radius 3 is 2.40 bits per heavy atom.